The molecule has 0 spiro atoms. The van der Waals surface area contributed by atoms with Crippen LogP contribution < -0.4 is 19.7 Å². The van der Waals surface area contributed by atoms with Crippen molar-refractivity contribution in [3.63, 3.8) is 0 Å². The summed E-state index contributed by atoms with van der Waals surface area (Å²) in [4.78, 5) is 24.6. The second-order valence-electron chi connectivity index (χ2n) is 7.64. The molecule has 0 aliphatic heterocycles. The number of nitrogens with one attached hydrogen (secondary N) is 2. The summed E-state index contributed by atoms with van der Waals surface area (Å²) >= 11 is 0. The number of carbonyl (C=O) groups excluding carboxylic acids is 2. The molecule has 8 nitrogen and oxygen atoms in total. The largest absolute Gasteiger partial charge is 0.497 e. The maximum Gasteiger partial charge on any atom is 0.264 e. The van der Waals surface area contributed by atoms with Crippen LogP contribution in [-0.4, -0.2) is 40.9 Å². The molecular formula is C25H27N3O5S. The van der Waals surface area contributed by atoms with E-state index < -0.39 is 15.9 Å². The average Bonchev–Trinajstić information content (AvgIpc) is 2.86. The summed E-state index contributed by atoms with van der Waals surface area (Å²) in [7, 11) is -0.686. The molecule has 0 aromatic heterocycles. The minimum atomic E-state index is -3.72. The molecule has 3 aromatic rings. The quantitative estimate of drug-likeness (QED) is 0.489. The molecule has 0 radical (unpaired) electrons. The van der Waals surface area contributed by atoms with Crippen LogP contribution in [0.1, 0.15) is 21.5 Å². The van der Waals surface area contributed by atoms with E-state index in [1.54, 1.807) is 55.6 Å². The van der Waals surface area contributed by atoms with Gasteiger partial charge in [-0.3, -0.25) is 13.9 Å². The van der Waals surface area contributed by atoms with E-state index in [9.17, 15) is 18.0 Å². The number of anilines is 1. The molecule has 2 N–H and O–H groups in total. The Balaban J connectivity index is 1.53. The van der Waals surface area contributed by atoms with E-state index in [1.165, 1.54) is 19.2 Å². The second kappa shape index (κ2) is 10.8. The Bertz CT molecular complexity index is 1240. The van der Waals surface area contributed by atoms with Gasteiger partial charge in [0.1, 0.15) is 5.75 Å². The monoisotopic (exact) mass is 481 g/mol. The SMILES string of the molecule is COc1ccc(CNC(=O)CNC(=O)c2ccc(N(C)S(=O)(=O)c3ccc(C)cc3)cc2)cc1. The first-order chi connectivity index (χ1) is 16.2. The van der Waals surface area contributed by atoms with Gasteiger partial charge in [0, 0.05) is 19.2 Å². The molecule has 0 fully saturated rings. The number of sulfonamides is 1. The van der Waals surface area contributed by atoms with Gasteiger partial charge in [0.2, 0.25) is 5.91 Å². The van der Waals surface area contributed by atoms with Crippen LogP contribution in [0.2, 0.25) is 0 Å². The van der Waals surface area contributed by atoms with Crippen molar-refractivity contribution < 1.29 is 22.7 Å². The van der Waals surface area contributed by atoms with Crippen LogP contribution in [0.5, 0.6) is 5.75 Å². The lowest BCUT2D eigenvalue weighted by Crippen LogP contribution is -2.36. The van der Waals surface area contributed by atoms with Gasteiger partial charge in [-0.05, 0) is 61.0 Å². The van der Waals surface area contributed by atoms with E-state index in [1.807, 2.05) is 19.1 Å². The molecule has 0 saturated carbocycles. The minimum Gasteiger partial charge on any atom is -0.497 e. The van der Waals surface area contributed by atoms with Gasteiger partial charge in [-0.15, -0.1) is 0 Å². The molecule has 0 aliphatic carbocycles. The van der Waals surface area contributed by atoms with Crippen LogP contribution in [0.3, 0.4) is 0 Å². The lowest BCUT2D eigenvalue weighted by Gasteiger charge is -2.20. The van der Waals surface area contributed by atoms with E-state index in [0.29, 0.717) is 17.8 Å². The summed E-state index contributed by atoms with van der Waals surface area (Å²) < 4.78 is 31.9. The van der Waals surface area contributed by atoms with Gasteiger partial charge in [-0.1, -0.05) is 29.8 Å². The number of hydrogen-bond acceptors (Lipinski definition) is 5. The molecule has 3 rings (SSSR count). The van der Waals surface area contributed by atoms with E-state index in [-0.39, 0.29) is 17.3 Å². The first-order valence-corrected chi connectivity index (χ1v) is 12.0. The summed E-state index contributed by atoms with van der Waals surface area (Å²) in [6.07, 6.45) is 0. The summed E-state index contributed by atoms with van der Waals surface area (Å²) in [5.41, 5.74) is 2.59. The number of methoxy groups -OCH3 is 1. The highest BCUT2D eigenvalue weighted by atomic mass is 32.2. The topological polar surface area (TPSA) is 105 Å². The van der Waals surface area contributed by atoms with Crippen LogP contribution >= 0.6 is 0 Å². The van der Waals surface area contributed by atoms with Crippen LogP contribution in [0.25, 0.3) is 0 Å². The van der Waals surface area contributed by atoms with Gasteiger partial charge in [0.15, 0.2) is 0 Å². The Hall–Kier alpha value is -3.85. The predicted molar refractivity (Wildman–Crippen MR) is 130 cm³/mol. The van der Waals surface area contributed by atoms with Crippen molar-refractivity contribution >= 4 is 27.5 Å². The summed E-state index contributed by atoms with van der Waals surface area (Å²) in [5.74, 6) is -0.0350. The summed E-state index contributed by atoms with van der Waals surface area (Å²) in [6.45, 7) is 2.03. The fourth-order valence-electron chi connectivity index (χ4n) is 3.10. The van der Waals surface area contributed by atoms with Crippen LogP contribution in [0.4, 0.5) is 5.69 Å². The highest BCUT2D eigenvalue weighted by molar-refractivity contribution is 7.92. The number of benzene rings is 3. The van der Waals surface area contributed by atoms with E-state index in [0.717, 1.165) is 21.2 Å². The van der Waals surface area contributed by atoms with Crippen molar-refractivity contribution in [2.45, 2.75) is 18.4 Å². The van der Waals surface area contributed by atoms with Gasteiger partial charge < -0.3 is 15.4 Å². The first-order valence-electron chi connectivity index (χ1n) is 10.5. The van der Waals surface area contributed by atoms with Crippen molar-refractivity contribution in [2.24, 2.45) is 0 Å². The molecule has 0 bridgehead atoms. The average molecular weight is 482 g/mol. The summed E-state index contributed by atoms with van der Waals surface area (Å²) in [6, 6.07) is 20.0. The molecule has 9 heteroatoms. The second-order valence-corrected chi connectivity index (χ2v) is 9.61. The smallest absolute Gasteiger partial charge is 0.264 e. The molecule has 0 aliphatic rings. The van der Waals surface area contributed by atoms with Gasteiger partial charge >= 0.3 is 0 Å². The highest BCUT2D eigenvalue weighted by Crippen LogP contribution is 2.22. The molecular weight excluding hydrogens is 454 g/mol. The zero-order valence-electron chi connectivity index (χ0n) is 19.2. The Labute approximate surface area is 199 Å². The van der Waals surface area contributed by atoms with Crippen molar-refractivity contribution in [1.82, 2.24) is 10.6 Å². The molecule has 0 saturated heterocycles. The molecule has 0 unspecified atom stereocenters. The van der Waals surface area contributed by atoms with Gasteiger partial charge in [-0.25, -0.2) is 8.42 Å². The predicted octanol–water partition coefficient (Wildman–Crippen LogP) is 2.87. The zero-order chi connectivity index (χ0) is 24.7. The Morgan fingerprint density at radius 3 is 2.09 bits per heavy atom. The standard InChI is InChI=1S/C25H27N3O5S/c1-18-4-14-23(15-5-18)34(31,32)28(2)21-10-8-20(9-11-21)25(30)27-17-24(29)26-16-19-6-12-22(33-3)13-7-19/h4-15H,16-17H2,1-3H3,(H,26,29)(H,27,30). The molecule has 0 atom stereocenters. The van der Waals surface area contributed by atoms with Crippen LogP contribution in [-0.2, 0) is 21.4 Å². The van der Waals surface area contributed by atoms with Crippen molar-refractivity contribution in [3.8, 4) is 5.75 Å². The molecule has 34 heavy (non-hydrogen) atoms. The van der Waals surface area contributed by atoms with Crippen molar-refractivity contribution in [1.29, 1.82) is 0 Å². The summed E-state index contributed by atoms with van der Waals surface area (Å²) in [5, 5.41) is 5.30. The van der Waals surface area contributed by atoms with E-state index in [4.69, 9.17) is 4.74 Å². The van der Waals surface area contributed by atoms with E-state index >= 15 is 0 Å². The fourth-order valence-corrected chi connectivity index (χ4v) is 4.29. The number of amides is 2. The van der Waals surface area contributed by atoms with Crippen LogP contribution in [0, 0.1) is 6.92 Å². The maximum absolute atomic E-state index is 12.8. The highest BCUT2D eigenvalue weighted by Gasteiger charge is 2.21. The lowest BCUT2D eigenvalue weighted by molar-refractivity contribution is -0.120. The number of carbonyl (C=O) groups is 2. The number of hydrogen-bond donors (Lipinski definition) is 2. The molecule has 2 amide bonds. The number of ether oxygens (including phenoxy) is 1. The minimum absolute atomic E-state index is 0.182. The van der Waals surface area contributed by atoms with Crippen LogP contribution in [0.15, 0.2) is 77.7 Å². The Kier molecular flexibility index (Phi) is 7.91. The van der Waals surface area contributed by atoms with Gasteiger partial charge in [-0.2, -0.15) is 0 Å². The number of aryl methyl sites for hydroxylation is 1. The normalized spacial score (nSPS) is 10.9. The molecule has 0 heterocycles. The Morgan fingerprint density at radius 1 is 0.882 bits per heavy atom. The third-order valence-corrected chi connectivity index (χ3v) is 7.03. The zero-order valence-corrected chi connectivity index (χ0v) is 20.1. The third-order valence-electron chi connectivity index (χ3n) is 5.23. The Morgan fingerprint density at radius 2 is 1.50 bits per heavy atom. The molecule has 178 valence electrons. The number of nitrogens with zero attached hydrogens (tertiary/aromatic N) is 1. The fraction of sp³-hybridized carbons (Fsp3) is 0.200. The number of rotatable bonds is 9. The third kappa shape index (κ3) is 6.14. The van der Waals surface area contributed by atoms with Crippen molar-refractivity contribution in [2.75, 3.05) is 25.0 Å². The van der Waals surface area contributed by atoms with Crippen molar-refractivity contribution in [3.05, 3.63) is 89.5 Å². The first kappa shape index (κ1) is 24.8. The lowest BCUT2D eigenvalue weighted by atomic mass is 10.2. The van der Waals surface area contributed by atoms with Gasteiger partial charge in [0.05, 0.1) is 24.2 Å². The van der Waals surface area contributed by atoms with Gasteiger partial charge in [0.25, 0.3) is 15.9 Å². The maximum atomic E-state index is 12.8. The molecule has 3 aromatic carbocycles. The van der Waals surface area contributed by atoms with E-state index in [2.05, 4.69) is 10.6 Å².